The van der Waals surface area contributed by atoms with Crippen molar-refractivity contribution in [2.45, 2.75) is 11.8 Å². The Hall–Kier alpha value is -2.45. The summed E-state index contributed by atoms with van der Waals surface area (Å²) in [6.45, 7) is 1.86. The number of nitrogens with zero attached hydrogens (tertiary/aromatic N) is 4. The molecule has 0 aliphatic rings. The lowest BCUT2D eigenvalue weighted by molar-refractivity contribution is 0.589. The highest BCUT2D eigenvalue weighted by molar-refractivity contribution is 9.10. The van der Waals surface area contributed by atoms with Crippen molar-refractivity contribution in [1.29, 1.82) is 0 Å². The third-order valence-electron chi connectivity index (χ3n) is 4.14. The van der Waals surface area contributed by atoms with Crippen LogP contribution in [0.2, 0.25) is 0 Å². The van der Waals surface area contributed by atoms with E-state index in [2.05, 4.69) is 26.0 Å². The number of aromatic nitrogens is 4. The Bertz CT molecular complexity index is 1230. The molecule has 0 amide bonds. The Morgan fingerprint density at radius 3 is 2.50 bits per heavy atom. The maximum atomic E-state index is 13.4. The number of hydrogen-bond donors (Lipinski definition) is 0. The lowest BCUT2D eigenvalue weighted by Crippen LogP contribution is -2.14. The molecule has 0 bridgehead atoms. The van der Waals surface area contributed by atoms with Crippen molar-refractivity contribution in [3.05, 3.63) is 65.0 Å². The first-order valence-corrected chi connectivity index (χ1v) is 10.1. The van der Waals surface area contributed by atoms with Crippen LogP contribution in [0.25, 0.3) is 22.3 Å². The maximum absolute atomic E-state index is 13.4. The van der Waals surface area contributed by atoms with E-state index in [1.165, 1.54) is 3.97 Å². The van der Waals surface area contributed by atoms with Crippen LogP contribution in [0.4, 0.5) is 0 Å². The first-order valence-electron chi connectivity index (χ1n) is 7.86. The Kier molecular flexibility index (Phi) is 3.96. The van der Waals surface area contributed by atoms with E-state index >= 15 is 0 Å². The van der Waals surface area contributed by atoms with Gasteiger partial charge in [0.05, 0.1) is 16.3 Å². The average Bonchev–Trinajstić information content (AvgIpc) is 3.14. The molecule has 3 heterocycles. The lowest BCUT2D eigenvalue weighted by Gasteiger charge is -2.11. The molecule has 0 saturated heterocycles. The van der Waals surface area contributed by atoms with Gasteiger partial charge in [-0.25, -0.2) is 17.4 Å². The number of aryl methyl sites for hydroxylation is 2. The molecule has 6 nitrogen and oxygen atoms in total. The third-order valence-corrected chi connectivity index (χ3v) is 6.29. The van der Waals surface area contributed by atoms with Crippen LogP contribution >= 0.6 is 15.9 Å². The highest BCUT2D eigenvalue weighted by Crippen LogP contribution is 2.33. The molecule has 0 saturated carbocycles. The van der Waals surface area contributed by atoms with Gasteiger partial charge in [0.15, 0.2) is 5.65 Å². The van der Waals surface area contributed by atoms with E-state index in [0.29, 0.717) is 11.3 Å². The molecule has 0 aliphatic heterocycles. The van der Waals surface area contributed by atoms with E-state index in [4.69, 9.17) is 0 Å². The van der Waals surface area contributed by atoms with Crippen LogP contribution in [-0.2, 0) is 17.1 Å². The second-order valence-corrected chi connectivity index (χ2v) is 8.68. The van der Waals surface area contributed by atoms with Gasteiger partial charge < -0.3 is 0 Å². The third kappa shape index (κ3) is 2.65. The predicted octanol–water partition coefficient (Wildman–Crippen LogP) is 3.74. The zero-order valence-corrected chi connectivity index (χ0v) is 16.5. The number of fused-ring (bicyclic) bond motifs is 1. The number of benzene rings is 1. The molecule has 4 aromatic rings. The molecule has 0 fully saturated rings. The van der Waals surface area contributed by atoms with Gasteiger partial charge in [-0.2, -0.15) is 5.10 Å². The van der Waals surface area contributed by atoms with E-state index in [1.54, 1.807) is 41.2 Å². The minimum atomic E-state index is -3.82. The summed E-state index contributed by atoms with van der Waals surface area (Å²) in [5.41, 5.74) is 2.43. The summed E-state index contributed by atoms with van der Waals surface area (Å²) in [6.07, 6.45) is 3.41. The van der Waals surface area contributed by atoms with E-state index in [-0.39, 0.29) is 4.90 Å². The maximum Gasteiger partial charge on any atom is 0.269 e. The molecule has 0 atom stereocenters. The molecule has 132 valence electrons. The van der Waals surface area contributed by atoms with Gasteiger partial charge in [0, 0.05) is 34.9 Å². The predicted molar refractivity (Wildman–Crippen MR) is 103 cm³/mol. The molecule has 0 aliphatic carbocycles. The second kappa shape index (κ2) is 6.07. The molecule has 4 rings (SSSR count). The second-order valence-electron chi connectivity index (χ2n) is 5.98. The first kappa shape index (κ1) is 17.0. The monoisotopic (exact) mass is 430 g/mol. The number of halogens is 1. The number of hydrogen-bond acceptors (Lipinski definition) is 4. The van der Waals surface area contributed by atoms with Gasteiger partial charge in [-0.05, 0) is 47.1 Å². The molecule has 3 aromatic heterocycles. The molecular weight excluding hydrogens is 416 g/mol. The Balaban J connectivity index is 2.10. The zero-order chi connectivity index (χ0) is 18.5. The van der Waals surface area contributed by atoms with Gasteiger partial charge in [-0.1, -0.05) is 18.2 Å². The minimum Gasteiger partial charge on any atom is -0.275 e. The van der Waals surface area contributed by atoms with Gasteiger partial charge in [0.25, 0.3) is 10.0 Å². The van der Waals surface area contributed by atoms with Crippen LogP contribution in [0.15, 0.2) is 64.2 Å². The van der Waals surface area contributed by atoms with E-state index in [1.807, 2.05) is 32.3 Å². The molecule has 8 heteroatoms. The highest BCUT2D eigenvalue weighted by atomic mass is 79.9. The summed E-state index contributed by atoms with van der Waals surface area (Å²) in [4.78, 5) is 4.58. The summed E-state index contributed by atoms with van der Waals surface area (Å²) < 4.78 is 30.5. The smallest absolute Gasteiger partial charge is 0.269 e. The SMILES string of the molecule is Cc1nn(C)cc1-c1cc2cc(Br)cnc2n1S(=O)(=O)c1ccccc1. The van der Waals surface area contributed by atoms with Crippen molar-refractivity contribution in [1.82, 2.24) is 18.7 Å². The largest absolute Gasteiger partial charge is 0.275 e. The topological polar surface area (TPSA) is 69.8 Å². The summed E-state index contributed by atoms with van der Waals surface area (Å²) >= 11 is 3.40. The van der Waals surface area contributed by atoms with Crippen LogP contribution in [0.3, 0.4) is 0 Å². The number of rotatable bonds is 3. The summed E-state index contributed by atoms with van der Waals surface area (Å²) in [7, 11) is -2.01. The molecule has 0 radical (unpaired) electrons. The van der Waals surface area contributed by atoms with E-state index < -0.39 is 10.0 Å². The first-order chi connectivity index (χ1) is 12.4. The fourth-order valence-electron chi connectivity index (χ4n) is 3.02. The van der Waals surface area contributed by atoms with Crippen molar-refractivity contribution in [2.75, 3.05) is 0 Å². The van der Waals surface area contributed by atoms with Gasteiger partial charge in [0.2, 0.25) is 0 Å². The molecule has 0 unspecified atom stereocenters. The van der Waals surface area contributed by atoms with Crippen molar-refractivity contribution in [3.8, 4) is 11.3 Å². The van der Waals surface area contributed by atoms with Crippen LogP contribution in [0, 0.1) is 6.92 Å². The van der Waals surface area contributed by atoms with Gasteiger partial charge in [-0.15, -0.1) is 0 Å². The number of pyridine rings is 1. The molecular formula is C18H15BrN4O2S. The van der Waals surface area contributed by atoms with Gasteiger partial charge >= 0.3 is 0 Å². The minimum absolute atomic E-state index is 0.213. The molecule has 1 aromatic carbocycles. The summed E-state index contributed by atoms with van der Waals surface area (Å²) in [5.74, 6) is 0. The Morgan fingerprint density at radius 2 is 1.85 bits per heavy atom. The fraction of sp³-hybridized carbons (Fsp3) is 0.111. The highest BCUT2D eigenvalue weighted by Gasteiger charge is 2.26. The lowest BCUT2D eigenvalue weighted by atomic mass is 10.2. The fourth-order valence-corrected chi connectivity index (χ4v) is 4.87. The van der Waals surface area contributed by atoms with Crippen LogP contribution in [-0.4, -0.2) is 27.2 Å². The standard InChI is InChI=1S/C18H15BrN4O2S/c1-12-16(11-22(2)21-12)17-9-13-8-14(19)10-20-18(13)23(17)26(24,25)15-6-4-3-5-7-15/h3-11H,1-2H3. The summed E-state index contributed by atoms with van der Waals surface area (Å²) in [5, 5.41) is 5.08. The van der Waals surface area contributed by atoms with Gasteiger partial charge in [-0.3, -0.25) is 4.68 Å². The van der Waals surface area contributed by atoms with Crippen molar-refractivity contribution in [2.24, 2.45) is 7.05 Å². The van der Waals surface area contributed by atoms with Crippen LogP contribution in [0.1, 0.15) is 5.69 Å². The molecule has 0 spiro atoms. The summed E-state index contributed by atoms with van der Waals surface area (Å²) in [6, 6.07) is 12.1. The average molecular weight is 431 g/mol. The van der Waals surface area contributed by atoms with Crippen LogP contribution < -0.4 is 0 Å². The van der Waals surface area contributed by atoms with Crippen molar-refractivity contribution in [3.63, 3.8) is 0 Å². The van der Waals surface area contributed by atoms with E-state index in [0.717, 1.165) is 21.1 Å². The van der Waals surface area contributed by atoms with Gasteiger partial charge in [0.1, 0.15) is 0 Å². The van der Waals surface area contributed by atoms with Crippen LogP contribution in [0.5, 0.6) is 0 Å². The van der Waals surface area contributed by atoms with Crippen molar-refractivity contribution >= 4 is 37.0 Å². The molecule has 0 N–H and O–H groups in total. The van der Waals surface area contributed by atoms with E-state index in [9.17, 15) is 8.42 Å². The van der Waals surface area contributed by atoms with Crippen molar-refractivity contribution < 1.29 is 8.42 Å². The molecule has 26 heavy (non-hydrogen) atoms. The Morgan fingerprint density at radius 1 is 1.12 bits per heavy atom. The Labute approximate surface area is 159 Å². The normalized spacial score (nSPS) is 12.0. The quantitative estimate of drug-likeness (QED) is 0.496. The zero-order valence-electron chi connectivity index (χ0n) is 14.1.